The number of rotatable bonds is 9. The molecule has 0 bridgehead atoms. The molecule has 1 heterocycles. The third-order valence-electron chi connectivity index (χ3n) is 4.44. The second-order valence-electron chi connectivity index (χ2n) is 7.02. The number of methoxy groups -OCH3 is 1. The molecule has 0 unspecified atom stereocenters. The number of carbonyl (C=O) groups excluding carboxylic acids is 1. The highest BCUT2D eigenvalue weighted by Crippen LogP contribution is 2.39. The maximum atomic E-state index is 13.0. The van der Waals surface area contributed by atoms with Crippen molar-refractivity contribution in [3.05, 3.63) is 57.6 Å². The molecule has 0 aliphatic rings. The van der Waals surface area contributed by atoms with Crippen molar-refractivity contribution in [2.75, 3.05) is 30.2 Å². The Morgan fingerprint density at radius 3 is 2.46 bits per heavy atom. The molecule has 3 aromatic rings. The fourth-order valence-electron chi connectivity index (χ4n) is 2.95. The van der Waals surface area contributed by atoms with Crippen molar-refractivity contribution in [1.29, 1.82) is 0 Å². The van der Waals surface area contributed by atoms with Crippen LogP contribution in [0.2, 0.25) is 0 Å². The van der Waals surface area contributed by atoms with E-state index < -0.39 is 28.3 Å². The summed E-state index contributed by atoms with van der Waals surface area (Å²) in [5, 5.41) is 20.9. The summed E-state index contributed by atoms with van der Waals surface area (Å²) >= 11 is 0. The third kappa shape index (κ3) is 6.77. The Morgan fingerprint density at radius 2 is 1.84 bits per heavy atom. The maximum absolute atomic E-state index is 13.0. The van der Waals surface area contributed by atoms with Crippen LogP contribution < -0.4 is 25.5 Å². The molecule has 2 aromatic carbocycles. The number of anilines is 4. The molecular weight excluding hydrogens is 501 g/mol. The van der Waals surface area contributed by atoms with E-state index in [0.717, 1.165) is 25.3 Å². The molecule has 3 N–H and O–H groups in total. The molecule has 0 aliphatic carbocycles. The molecule has 13 nitrogen and oxygen atoms in total. The number of nitro benzene ring substituents is 1. The largest absolute Gasteiger partial charge is 0.488 e. The Morgan fingerprint density at radius 1 is 1.14 bits per heavy atom. The highest BCUT2D eigenvalue weighted by atomic mass is 19.4. The van der Waals surface area contributed by atoms with E-state index in [2.05, 4.69) is 36.1 Å². The average Bonchev–Trinajstić information content (AvgIpc) is 2.83. The number of halogens is 3. The Hall–Kier alpha value is -5.02. The predicted molar refractivity (Wildman–Crippen MR) is 126 cm³/mol. The lowest BCUT2D eigenvalue weighted by molar-refractivity contribution is -0.385. The van der Waals surface area contributed by atoms with Crippen LogP contribution in [0.4, 0.5) is 42.4 Å². The second-order valence-corrected chi connectivity index (χ2v) is 7.02. The SMILES string of the molecule is CNc1nc(NN=Cc2ccc(OC(C)=O)c(OC)c2[N+](=O)[O-])nc(Nc2cccc(C(F)(F)F)c2)n1. The minimum atomic E-state index is -4.53. The van der Waals surface area contributed by atoms with Gasteiger partial charge in [0.1, 0.15) is 0 Å². The molecule has 0 radical (unpaired) electrons. The highest BCUT2D eigenvalue weighted by Gasteiger charge is 2.30. The van der Waals surface area contributed by atoms with Gasteiger partial charge in [-0.1, -0.05) is 6.07 Å². The van der Waals surface area contributed by atoms with Crippen LogP contribution in [0.1, 0.15) is 18.1 Å². The number of hydrazone groups is 1. The summed E-state index contributed by atoms with van der Waals surface area (Å²) in [7, 11) is 2.69. The van der Waals surface area contributed by atoms with E-state index in [9.17, 15) is 28.1 Å². The molecule has 0 amide bonds. The first-order chi connectivity index (χ1) is 17.5. The molecule has 3 rings (SSSR count). The minimum absolute atomic E-state index is 0.00420. The van der Waals surface area contributed by atoms with Crippen molar-refractivity contribution in [1.82, 2.24) is 15.0 Å². The van der Waals surface area contributed by atoms with Crippen LogP contribution in [0.5, 0.6) is 11.5 Å². The van der Waals surface area contributed by atoms with Crippen LogP contribution in [-0.4, -0.2) is 46.2 Å². The zero-order valence-corrected chi connectivity index (χ0v) is 19.5. The fraction of sp³-hybridized carbons (Fsp3) is 0.190. The monoisotopic (exact) mass is 520 g/mol. The molecule has 194 valence electrons. The number of ether oxygens (including phenoxy) is 2. The number of carbonyl (C=O) groups is 1. The first kappa shape index (κ1) is 26.6. The lowest BCUT2D eigenvalue weighted by Crippen LogP contribution is -2.09. The lowest BCUT2D eigenvalue weighted by atomic mass is 10.1. The first-order valence-corrected chi connectivity index (χ1v) is 10.2. The average molecular weight is 520 g/mol. The number of aromatic nitrogens is 3. The number of benzene rings is 2. The number of nitrogens with one attached hydrogen (secondary N) is 3. The zero-order valence-electron chi connectivity index (χ0n) is 19.5. The summed E-state index contributed by atoms with van der Waals surface area (Å²) in [5.41, 5.74) is 1.18. The zero-order chi connectivity index (χ0) is 27.2. The van der Waals surface area contributed by atoms with Crippen molar-refractivity contribution in [3.63, 3.8) is 0 Å². The second kappa shape index (κ2) is 11.1. The standard InChI is InChI=1S/C21H19F3N8O5/c1-11(33)37-15-8-7-12(16(32(34)35)17(15)36-3)10-26-31-20-29-18(25-2)28-19(30-20)27-14-6-4-5-13(9-14)21(22,23)24/h4-10H,1-3H3,(H3,25,27,28,29,30,31). The molecule has 0 saturated heterocycles. The normalized spacial score (nSPS) is 11.2. The summed E-state index contributed by atoms with van der Waals surface area (Å²) in [4.78, 5) is 34.3. The molecule has 0 spiro atoms. The third-order valence-corrected chi connectivity index (χ3v) is 4.44. The molecule has 0 saturated carbocycles. The molecule has 0 atom stereocenters. The minimum Gasteiger partial charge on any atom is -0.488 e. The molecule has 16 heteroatoms. The Labute approximate surface area is 206 Å². The number of nitro groups is 1. The number of hydrogen-bond acceptors (Lipinski definition) is 12. The van der Waals surface area contributed by atoms with E-state index in [1.165, 1.54) is 38.4 Å². The summed E-state index contributed by atoms with van der Waals surface area (Å²) in [6.45, 7) is 1.13. The van der Waals surface area contributed by atoms with Crippen molar-refractivity contribution in [2.45, 2.75) is 13.1 Å². The molecule has 37 heavy (non-hydrogen) atoms. The van der Waals surface area contributed by atoms with Crippen LogP contribution in [0, 0.1) is 10.1 Å². The predicted octanol–water partition coefficient (Wildman–Crippen LogP) is 3.96. The molecule has 0 aliphatic heterocycles. The van der Waals surface area contributed by atoms with Crippen LogP contribution in [-0.2, 0) is 11.0 Å². The topological polar surface area (TPSA) is 166 Å². The van der Waals surface area contributed by atoms with E-state index in [0.29, 0.717) is 0 Å². The van der Waals surface area contributed by atoms with Crippen molar-refractivity contribution < 1.29 is 32.4 Å². The van der Waals surface area contributed by atoms with Gasteiger partial charge in [0.15, 0.2) is 5.75 Å². The van der Waals surface area contributed by atoms with E-state index in [-0.39, 0.29) is 40.6 Å². The van der Waals surface area contributed by atoms with Crippen LogP contribution in [0.15, 0.2) is 41.5 Å². The molecular formula is C21H19F3N8O5. The Balaban J connectivity index is 1.87. The van der Waals surface area contributed by atoms with Gasteiger partial charge in [0.05, 0.1) is 29.4 Å². The van der Waals surface area contributed by atoms with Gasteiger partial charge in [0.2, 0.25) is 23.6 Å². The summed E-state index contributed by atoms with van der Waals surface area (Å²) in [6.07, 6.45) is -3.45. The number of nitrogens with zero attached hydrogens (tertiary/aromatic N) is 5. The number of alkyl halides is 3. The van der Waals surface area contributed by atoms with Crippen LogP contribution in [0.3, 0.4) is 0 Å². The van der Waals surface area contributed by atoms with Crippen LogP contribution >= 0.6 is 0 Å². The van der Waals surface area contributed by atoms with Gasteiger partial charge in [0.25, 0.3) is 0 Å². The van der Waals surface area contributed by atoms with Gasteiger partial charge in [-0.25, -0.2) is 5.43 Å². The summed E-state index contributed by atoms with van der Waals surface area (Å²) < 4.78 is 49.0. The van der Waals surface area contributed by atoms with Crippen molar-refractivity contribution in [3.8, 4) is 11.5 Å². The summed E-state index contributed by atoms with van der Waals surface area (Å²) in [6, 6.07) is 7.02. The van der Waals surface area contributed by atoms with Gasteiger partial charge >= 0.3 is 17.8 Å². The number of hydrogen-bond donors (Lipinski definition) is 3. The van der Waals surface area contributed by atoms with E-state index >= 15 is 0 Å². The highest BCUT2D eigenvalue weighted by molar-refractivity contribution is 5.89. The Kier molecular flexibility index (Phi) is 8.01. The molecule has 1 aromatic heterocycles. The lowest BCUT2D eigenvalue weighted by Gasteiger charge is -2.11. The summed E-state index contributed by atoms with van der Waals surface area (Å²) in [5.74, 6) is -1.30. The maximum Gasteiger partial charge on any atom is 0.416 e. The van der Waals surface area contributed by atoms with E-state index in [4.69, 9.17) is 9.47 Å². The van der Waals surface area contributed by atoms with Crippen molar-refractivity contribution >= 4 is 41.4 Å². The quantitative estimate of drug-likeness (QED) is 0.123. The Bertz CT molecular complexity index is 1350. The van der Waals surface area contributed by atoms with Gasteiger partial charge in [0, 0.05) is 19.7 Å². The number of esters is 1. The van der Waals surface area contributed by atoms with Gasteiger partial charge < -0.3 is 20.1 Å². The smallest absolute Gasteiger partial charge is 0.416 e. The first-order valence-electron chi connectivity index (χ1n) is 10.2. The molecule has 0 fully saturated rings. The fourth-order valence-corrected chi connectivity index (χ4v) is 2.95. The van der Waals surface area contributed by atoms with Gasteiger partial charge in [-0.05, 0) is 30.3 Å². The van der Waals surface area contributed by atoms with E-state index in [1.54, 1.807) is 0 Å². The van der Waals surface area contributed by atoms with Gasteiger partial charge in [-0.15, -0.1) is 0 Å². The van der Waals surface area contributed by atoms with Crippen LogP contribution in [0.25, 0.3) is 0 Å². The van der Waals surface area contributed by atoms with Gasteiger partial charge in [-0.3, -0.25) is 14.9 Å². The van der Waals surface area contributed by atoms with E-state index in [1.807, 2.05) is 0 Å². The van der Waals surface area contributed by atoms with Crippen molar-refractivity contribution in [2.24, 2.45) is 5.10 Å². The van der Waals surface area contributed by atoms with Gasteiger partial charge in [-0.2, -0.15) is 33.2 Å².